The minimum absolute atomic E-state index is 0.0358. The normalized spacial score (nSPS) is 14.5. The van der Waals surface area contributed by atoms with Crippen molar-refractivity contribution < 1.29 is 23.8 Å². The van der Waals surface area contributed by atoms with Gasteiger partial charge in [-0.2, -0.15) is 0 Å². The Labute approximate surface area is 244 Å². The number of nitrogens with zero attached hydrogens (tertiary/aromatic N) is 2. The van der Waals surface area contributed by atoms with E-state index in [0.29, 0.717) is 49.8 Å². The number of carbonyl (C=O) groups excluding carboxylic acids is 2. The second kappa shape index (κ2) is 15.0. The van der Waals surface area contributed by atoms with E-state index >= 15 is 0 Å². The Balaban J connectivity index is 1.48. The lowest BCUT2D eigenvalue weighted by Crippen LogP contribution is -2.47. The van der Waals surface area contributed by atoms with Crippen LogP contribution in [0, 0.1) is 0 Å². The standard InChI is InChI=1S/C30H37N3O5S2/c1-36-27-13-8-22(18-28(27)37-2)14-15-32(20-26-7-5-17-40-26)29(34)21-33(19-24-6-4-16-38-24)30(35)31-23-9-11-25(39-3)12-10-23/h5,7-13,17-18,24H,4,6,14-16,19-21H2,1-3H3,(H,31,35). The lowest BCUT2D eigenvalue weighted by atomic mass is 10.1. The Bertz CT molecular complexity index is 1230. The molecule has 1 fully saturated rings. The lowest BCUT2D eigenvalue weighted by molar-refractivity contribution is -0.132. The summed E-state index contributed by atoms with van der Waals surface area (Å²) in [5.41, 5.74) is 1.72. The summed E-state index contributed by atoms with van der Waals surface area (Å²) in [4.78, 5) is 32.8. The average Bonchev–Trinajstić information content (AvgIpc) is 3.69. The molecule has 3 aromatic rings. The van der Waals surface area contributed by atoms with Gasteiger partial charge in [0.05, 0.1) is 26.9 Å². The largest absolute Gasteiger partial charge is 0.493 e. The van der Waals surface area contributed by atoms with Gasteiger partial charge in [0.1, 0.15) is 6.54 Å². The molecule has 10 heteroatoms. The van der Waals surface area contributed by atoms with Crippen LogP contribution in [0.1, 0.15) is 23.3 Å². The molecule has 3 amide bonds. The van der Waals surface area contributed by atoms with Crippen molar-refractivity contribution in [3.05, 3.63) is 70.4 Å². The molecule has 0 spiro atoms. The Hall–Kier alpha value is -3.21. The maximum absolute atomic E-state index is 13.8. The van der Waals surface area contributed by atoms with Crippen LogP contribution in [0.3, 0.4) is 0 Å². The first-order valence-corrected chi connectivity index (χ1v) is 15.4. The van der Waals surface area contributed by atoms with Crippen LogP contribution < -0.4 is 14.8 Å². The first-order chi connectivity index (χ1) is 19.5. The highest BCUT2D eigenvalue weighted by molar-refractivity contribution is 7.98. The van der Waals surface area contributed by atoms with Crippen molar-refractivity contribution in [3.8, 4) is 11.5 Å². The Morgan fingerprint density at radius 2 is 1.88 bits per heavy atom. The number of methoxy groups -OCH3 is 2. The SMILES string of the molecule is COc1ccc(CCN(Cc2cccs2)C(=O)CN(CC2CCCO2)C(=O)Nc2ccc(SC)cc2)cc1OC. The Morgan fingerprint density at radius 1 is 1.07 bits per heavy atom. The average molecular weight is 584 g/mol. The van der Waals surface area contributed by atoms with E-state index in [9.17, 15) is 9.59 Å². The number of thiophene rings is 1. The molecule has 1 saturated heterocycles. The van der Waals surface area contributed by atoms with Crippen LogP contribution in [0.5, 0.6) is 11.5 Å². The quantitative estimate of drug-likeness (QED) is 0.257. The predicted molar refractivity (Wildman–Crippen MR) is 161 cm³/mol. The number of urea groups is 1. The molecule has 0 aliphatic carbocycles. The molecule has 2 aromatic carbocycles. The number of nitrogens with one attached hydrogen (secondary N) is 1. The molecule has 1 N–H and O–H groups in total. The number of rotatable bonds is 13. The van der Waals surface area contributed by atoms with Crippen molar-refractivity contribution in [3.63, 3.8) is 0 Å². The minimum atomic E-state index is -0.309. The maximum atomic E-state index is 13.8. The summed E-state index contributed by atoms with van der Waals surface area (Å²) in [6.07, 6.45) is 4.40. The third kappa shape index (κ3) is 8.39. The summed E-state index contributed by atoms with van der Waals surface area (Å²) in [5, 5.41) is 4.97. The minimum Gasteiger partial charge on any atom is -0.493 e. The van der Waals surface area contributed by atoms with E-state index in [2.05, 4.69) is 5.32 Å². The highest BCUT2D eigenvalue weighted by Gasteiger charge is 2.27. The van der Waals surface area contributed by atoms with E-state index in [1.807, 2.05) is 71.1 Å². The predicted octanol–water partition coefficient (Wildman–Crippen LogP) is 5.77. The molecule has 1 aromatic heterocycles. The number of hydrogen-bond acceptors (Lipinski definition) is 7. The summed E-state index contributed by atoms with van der Waals surface area (Å²) in [6.45, 7) is 1.99. The van der Waals surface area contributed by atoms with E-state index < -0.39 is 0 Å². The molecular formula is C30H37N3O5S2. The number of benzene rings is 2. The van der Waals surface area contributed by atoms with E-state index in [0.717, 1.165) is 28.2 Å². The Morgan fingerprint density at radius 3 is 2.52 bits per heavy atom. The molecule has 0 bridgehead atoms. The zero-order valence-corrected chi connectivity index (χ0v) is 24.9. The fraction of sp³-hybridized carbons (Fsp3) is 0.400. The monoisotopic (exact) mass is 583 g/mol. The molecule has 0 radical (unpaired) electrons. The fourth-order valence-electron chi connectivity index (χ4n) is 4.58. The number of anilines is 1. The van der Waals surface area contributed by atoms with E-state index in [-0.39, 0.29) is 24.6 Å². The molecule has 4 rings (SSSR count). The fourth-order valence-corrected chi connectivity index (χ4v) is 5.70. The van der Waals surface area contributed by atoms with Crippen molar-refractivity contribution in [1.82, 2.24) is 9.80 Å². The molecule has 40 heavy (non-hydrogen) atoms. The highest BCUT2D eigenvalue weighted by atomic mass is 32.2. The topological polar surface area (TPSA) is 80.3 Å². The van der Waals surface area contributed by atoms with Crippen LogP contribution in [0.4, 0.5) is 10.5 Å². The van der Waals surface area contributed by atoms with Crippen molar-refractivity contribution in [2.45, 2.75) is 36.8 Å². The summed E-state index contributed by atoms with van der Waals surface area (Å²) < 4.78 is 16.6. The number of thioether (sulfide) groups is 1. The van der Waals surface area contributed by atoms with Gasteiger partial charge in [0.25, 0.3) is 0 Å². The van der Waals surface area contributed by atoms with Gasteiger partial charge in [-0.25, -0.2) is 4.79 Å². The second-order valence-corrected chi connectivity index (χ2v) is 11.4. The van der Waals surface area contributed by atoms with Crippen LogP contribution in [0.15, 0.2) is 64.9 Å². The first-order valence-electron chi connectivity index (χ1n) is 13.3. The van der Waals surface area contributed by atoms with Gasteiger partial charge >= 0.3 is 6.03 Å². The highest BCUT2D eigenvalue weighted by Crippen LogP contribution is 2.28. The molecule has 1 unspecified atom stereocenters. The van der Waals surface area contributed by atoms with Crippen molar-refractivity contribution >= 4 is 40.7 Å². The molecule has 214 valence electrons. The number of ether oxygens (including phenoxy) is 3. The molecule has 1 atom stereocenters. The van der Waals surface area contributed by atoms with Crippen LogP contribution >= 0.6 is 23.1 Å². The van der Waals surface area contributed by atoms with Crippen LogP contribution in [0.2, 0.25) is 0 Å². The molecular weight excluding hydrogens is 546 g/mol. The van der Waals surface area contributed by atoms with Gasteiger partial charge in [0, 0.05) is 35.2 Å². The van der Waals surface area contributed by atoms with Gasteiger partial charge in [-0.05, 0) is 78.9 Å². The lowest BCUT2D eigenvalue weighted by Gasteiger charge is -2.29. The van der Waals surface area contributed by atoms with Crippen LogP contribution in [-0.2, 0) is 22.5 Å². The van der Waals surface area contributed by atoms with Gasteiger partial charge < -0.3 is 29.3 Å². The van der Waals surface area contributed by atoms with Gasteiger partial charge in [-0.1, -0.05) is 12.1 Å². The van der Waals surface area contributed by atoms with Gasteiger partial charge in [-0.3, -0.25) is 4.79 Å². The summed E-state index contributed by atoms with van der Waals surface area (Å²) in [7, 11) is 3.22. The van der Waals surface area contributed by atoms with E-state index in [1.54, 1.807) is 42.2 Å². The molecule has 2 heterocycles. The second-order valence-electron chi connectivity index (χ2n) is 9.51. The number of hydrogen-bond donors (Lipinski definition) is 1. The summed E-state index contributed by atoms with van der Waals surface area (Å²) >= 11 is 3.25. The van der Waals surface area contributed by atoms with E-state index in [1.165, 1.54) is 0 Å². The Kier molecular flexibility index (Phi) is 11.1. The zero-order valence-electron chi connectivity index (χ0n) is 23.3. The first kappa shape index (κ1) is 29.8. The molecule has 1 aliphatic heterocycles. The van der Waals surface area contributed by atoms with Crippen LogP contribution in [0.25, 0.3) is 0 Å². The van der Waals surface area contributed by atoms with E-state index in [4.69, 9.17) is 14.2 Å². The maximum Gasteiger partial charge on any atom is 0.322 e. The van der Waals surface area contributed by atoms with Crippen molar-refractivity contribution in [1.29, 1.82) is 0 Å². The molecule has 8 nitrogen and oxygen atoms in total. The molecule has 0 saturated carbocycles. The zero-order chi connectivity index (χ0) is 28.3. The summed E-state index contributed by atoms with van der Waals surface area (Å²) in [5.74, 6) is 1.21. The third-order valence-corrected chi connectivity index (χ3v) is 8.41. The smallest absolute Gasteiger partial charge is 0.322 e. The number of carbonyl (C=O) groups is 2. The van der Waals surface area contributed by atoms with Gasteiger partial charge in [0.2, 0.25) is 5.91 Å². The molecule has 1 aliphatic rings. The van der Waals surface area contributed by atoms with Gasteiger partial charge in [-0.15, -0.1) is 23.1 Å². The van der Waals surface area contributed by atoms with Crippen molar-refractivity contribution in [2.24, 2.45) is 0 Å². The summed E-state index contributed by atoms with van der Waals surface area (Å²) in [6, 6.07) is 17.2. The third-order valence-electron chi connectivity index (χ3n) is 6.80. The van der Waals surface area contributed by atoms with Gasteiger partial charge in [0.15, 0.2) is 11.5 Å². The van der Waals surface area contributed by atoms with Crippen LogP contribution in [-0.4, -0.2) is 74.6 Å². The number of amides is 3. The van der Waals surface area contributed by atoms with Crippen molar-refractivity contribution in [2.75, 3.05) is 52.0 Å².